The van der Waals surface area contributed by atoms with Crippen LogP contribution in [0.2, 0.25) is 0 Å². The average Bonchev–Trinajstić information content (AvgIpc) is 2.75. The molecule has 1 unspecified atom stereocenters. The number of carbonyl (C=O) groups is 2. The Kier molecular flexibility index (Phi) is 8.58. The number of piperidine rings is 1. The zero-order valence-corrected chi connectivity index (χ0v) is 19.2. The first-order valence-corrected chi connectivity index (χ1v) is 11.8. The lowest BCUT2D eigenvalue weighted by molar-refractivity contribution is -0.862. The van der Waals surface area contributed by atoms with Gasteiger partial charge in [-0.2, -0.15) is 0 Å². The Morgan fingerprint density at radius 2 is 1.74 bits per heavy atom. The summed E-state index contributed by atoms with van der Waals surface area (Å²) in [6, 6.07) is 5.39. The van der Waals surface area contributed by atoms with E-state index in [1.54, 1.807) is 18.2 Å². The number of ether oxygens (including phenoxy) is 2. The Bertz CT molecular complexity index is 754. The van der Waals surface area contributed by atoms with E-state index in [0.717, 1.165) is 30.3 Å². The fraction of sp³-hybridized carbons (Fsp3) is 0.667. The van der Waals surface area contributed by atoms with Crippen molar-refractivity contribution in [1.29, 1.82) is 0 Å². The molecule has 1 saturated carbocycles. The zero-order valence-electron chi connectivity index (χ0n) is 19.2. The number of fused-ring (bicyclic) bond motifs is 1. The van der Waals surface area contributed by atoms with Gasteiger partial charge in [-0.1, -0.05) is 19.3 Å². The highest BCUT2D eigenvalue weighted by Crippen LogP contribution is 2.36. The summed E-state index contributed by atoms with van der Waals surface area (Å²) in [5.41, 5.74) is 0.662. The highest BCUT2D eigenvalue weighted by atomic mass is 16.5. The molecule has 7 nitrogen and oxygen atoms in total. The second-order valence-electron chi connectivity index (χ2n) is 8.82. The van der Waals surface area contributed by atoms with Gasteiger partial charge in [-0.3, -0.25) is 9.59 Å². The molecule has 2 fully saturated rings. The summed E-state index contributed by atoms with van der Waals surface area (Å²) in [6.45, 7) is 7.25. The van der Waals surface area contributed by atoms with E-state index in [9.17, 15) is 9.59 Å². The smallest absolute Gasteiger partial charge is 0.279 e. The fourth-order valence-electron chi connectivity index (χ4n) is 4.87. The number of nitrogens with one attached hydrogen (secondary N) is 2. The molecular formula is C24H38N3O4+. The van der Waals surface area contributed by atoms with Crippen LogP contribution in [0.25, 0.3) is 0 Å². The lowest BCUT2D eigenvalue weighted by Crippen LogP contribution is -3.11. The summed E-state index contributed by atoms with van der Waals surface area (Å²) in [6.07, 6.45) is 6.36. The van der Waals surface area contributed by atoms with Crippen LogP contribution in [-0.2, 0) is 9.59 Å². The van der Waals surface area contributed by atoms with E-state index >= 15 is 0 Å². The van der Waals surface area contributed by atoms with E-state index in [1.807, 2.05) is 25.8 Å². The maximum absolute atomic E-state index is 12.8. The van der Waals surface area contributed by atoms with Gasteiger partial charge in [0.2, 0.25) is 0 Å². The molecule has 0 radical (unpaired) electrons. The summed E-state index contributed by atoms with van der Waals surface area (Å²) in [7, 11) is 1.90. The van der Waals surface area contributed by atoms with Crippen molar-refractivity contribution in [2.75, 3.05) is 51.8 Å². The normalized spacial score (nSPS) is 21.7. The summed E-state index contributed by atoms with van der Waals surface area (Å²) >= 11 is 0. The van der Waals surface area contributed by atoms with Gasteiger partial charge < -0.3 is 24.6 Å². The lowest BCUT2D eigenvalue weighted by atomic mass is 9.75. The maximum atomic E-state index is 12.8. The number of quaternary nitrogens is 1. The van der Waals surface area contributed by atoms with Crippen molar-refractivity contribution in [2.24, 2.45) is 11.8 Å². The fourth-order valence-corrected chi connectivity index (χ4v) is 4.87. The topological polar surface area (TPSA) is 72.3 Å². The van der Waals surface area contributed by atoms with E-state index in [0.29, 0.717) is 42.9 Å². The number of likely N-dealkylation sites (tertiary alicyclic amines) is 1. The molecule has 172 valence electrons. The van der Waals surface area contributed by atoms with Crippen LogP contribution in [0.15, 0.2) is 18.2 Å². The molecule has 31 heavy (non-hydrogen) atoms. The molecule has 1 saturated heterocycles. The largest absolute Gasteiger partial charge is 0.490 e. The predicted octanol–water partition coefficient (Wildman–Crippen LogP) is 1.98. The third-order valence-corrected chi connectivity index (χ3v) is 6.39. The Labute approximate surface area is 186 Å². The van der Waals surface area contributed by atoms with Crippen LogP contribution in [-0.4, -0.2) is 63.2 Å². The molecule has 0 spiro atoms. The first-order chi connectivity index (χ1) is 15.0. The number of hydrogen-bond acceptors (Lipinski definition) is 4. The minimum Gasteiger partial charge on any atom is -0.490 e. The van der Waals surface area contributed by atoms with Gasteiger partial charge in [-0.15, -0.1) is 0 Å². The van der Waals surface area contributed by atoms with Crippen molar-refractivity contribution < 1.29 is 24.0 Å². The van der Waals surface area contributed by atoms with Gasteiger partial charge >= 0.3 is 0 Å². The molecular weight excluding hydrogens is 394 g/mol. The van der Waals surface area contributed by atoms with Crippen LogP contribution in [0.5, 0.6) is 11.5 Å². The molecule has 0 bridgehead atoms. The maximum Gasteiger partial charge on any atom is 0.279 e. The Hall–Kier alpha value is -2.28. The van der Waals surface area contributed by atoms with Crippen LogP contribution in [0.1, 0.15) is 46.0 Å². The molecule has 1 aliphatic heterocycles. The molecule has 1 aliphatic carbocycles. The van der Waals surface area contributed by atoms with E-state index in [1.165, 1.54) is 25.7 Å². The second-order valence-corrected chi connectivity index (χ2v) is 8.82. The summed E-state index contributed by atoms with van der Waals surface area (Å²) < 4.78 is 11.2. The predicted molar refractivity (Wildman–Crippen MR) is 121 cm³/mol. The number of rotatable bonds is 9. The summed E-state index contributed by atoms with van der Waals surface area (Å²) in [5, 5.41) is 2.91. The minimum atomic E-state index is -0.122. The van der Waals surface area contributed by atoms with Gasteiger partial charge in [-0.05, 0) is 50.7 Å². The number of hydrogen-bond donors (Lipinski definition) is 2. The first kappa shape index (κ1) is 23.4. The highest BCUT2D eigenvalue weighted by Gasteiger charge is 2.33. The quantitative estimate of drug-likeness (QED) is 0.626. The number of nitrogens with zero attached hydrogens (tertiary/aromatic N) is 1. The second kappa shape index (κ2) is 11.4. The number of anilines is 1. The summed E-state index contributed by atoms with van der Waals surface area (Å²) in [5.74, 6) is 2.80. The van der Waals surface area contributed by atoms with Gasteiger partial charge in [-0.25, -0.2) is 0 Å². The molecule has 2 N–H and O–H groups in total. The van der Waals surface area contributed by atoms with Crippen LogP contribution < -0.4 is 19.7 Å². The van der Waals surface area contributed by atoms with Gasteiger partial charge in [0, 0.05) is 24.8 Å². The Balaban J connectivity index is 1.48. The molecule has 2 amide bonds. The number of likely N-dealkylation sites (N-methyl/N-ethyl adjacent to an activating group) is 1. The van der Waals surface area contributed by atoms with Crippen molar-refractivity contribution in [3.63, 3.8) is 0 Å². The minimum absolute atomic E-state index is 0.122. The Morgan fingerprint density at radius 1 is 1.03 bits per heavy atom. The third kappa shape index (κ3) is 6.60. The standard InChI is InChI=1S/C24H37N3O4/c1-4-30-21-11-10-20(14-22(21)31-5-2)25-23(28)16-26(3)17-24(29)27-13-12-18-8-6-7-9-19(18)15-27/h10-11,14,18-19H,4-9,12-13,15-17H2,1-3H3,(H,25,28)/p+1/t18-,19+/m0/s1. The molecule has 3 atom stereocenters. The summed E-state index contributed by atoms with van der Waals surface area (Å²) in [4.78, 5) is 28.2. The van der Waals surface area contributed by atoms with E-state index < -0.39 is 0 Å². The molecule has 0 aromatic heterocycles. The van der Waals surface area contributed by atoms with Crippen LogP contribution in [0.3, 0.4) is 0 Å². The monoisotopic (exact) mass is 432 g/mol. The van der Waals surface area contributed by atoms with E-state index in [2.05, 4.69) is 5.32 Å². The third-order valence-electron chi connectivity index (χ3n) is 6.39. The highest BCUT2D eigenvalue weighted by molar-refractivity contribution is 5.92. The lowest BCUT2D eigenvalue weighted by Gasteiger charge is -2.41. The van der Waals surface area contributed by atoms with E-state index in [-0.39, 0.29) is 18.4 Å². The van der Waals surface area contributed by atoms with Gasteiger partial charge in [0.1, 0.15) is 0 Å². The van der Waals surface area contributed by atoms with Gasteiger partial charge in [0.15, 0.2) is 24.6 Å². The Morgan fingerprint density at radius 3 is 2.48 bits per heavy atom. The van der Waals surface area contributed by atoms with Crippen LogP contribution >= 0.6 is 0 Å². The average molecular weight is 433 g/mol. The zero-order chi connectivity index (χ0) is 22.2. The van der Waals surface area contributed by atoms with Gasteiger partial charge in [0.25, 0.3) is 11.8 Å². The van der Waals surface area contributed by atoms with E-state index in [4.69, 9.17) is 9.47 Å². The molecule has 2 aliphatic rings. The van der Waals surface area contributed by atoms with Crippen LogP contribution in [0, 0.1) is 11.8 Å². The van der Waals surface area contributed by atoms with Crippen LogP contribution in [0.4, 0.5) is 5.69 Å². The molecule has 1 aromatic carbocycles. The number of carbonyl (C=O) groups excluding carboxylic acids is 2. The number of benzene rings is 1. The van der Waals surface area contributed by atoms with Crippen molar-refractivity contribution >= 4 is 17.5 Å². The molecule has 7 heteroatoms. The van der Waals surface area contributed by atoms with Gasteiger partial charge in [0.05, 0.1) is 20.3 Å². The SMILES string of the molecule is CCOc1ccc(NC(=O)C[NH+](C)CC(=O)N2CC[C@@H]3CCCC[C@@H]3C2)cc1OCC. The first-order valence-electron chi connectivity index (χ1n) is 11.8. The van der Waals surface area contributed by atoms with Crippen molar-refractivity contribution in [2.45, 2.75) is 46.0 Å². The molecule has 3 rings (SSSR count). The van der Waals surface area contributed by atoms with Crippen molar-refractivity contribution in [3.05, 3.63) is 18.2 Å². The van der Waals surface area contributed by atoms with Crippen molar-refractivity contribution in [1.82, 2.24) is 4.90 Å². The molecule has 1 heterocycles. The number of amides is 2. The van der Waals surface area contributed by atoms with Crippen molar-refractivity contribution in [3.8, 4) is 11.5 Å². The molecule has 1 aromatic rings.